The fraction of sp³-hybridized carbons (Fsp3) is 0.429. The van der Waals surface area contributed by atoms with E-state index in [1.54, 1.807) is 12.1 Å². The van der Waals surface area contributed by atoms with Gasteiger partial charge in [0, 0.05) is 18.1 Å². The topological polar surface area (TPSA) is 43.1 Å². The third-order valence-electron chi connectivity index (χ3n) is 4.31. The molecule has 0 aliphatic heterocycles. The summed E-state index contributed by atoms with van der Waals surface area (Å²) < 4.78 is 0. The minimum atomic E-state index is -0.298. The third-order valence-corrected chi connectivity index (χ3v) is 4.31. The van der Waals surface area contributed by atoms with E-state index in [0.29, 0.717) is 6.42 Å². The molecule has 0 spiro atoms. The highest BCUT2D eigenvalue weighted by molar-refractivity contribution is 5.45. The second-order valence-electron chi connectivity index (χ2n) is 8.48. The van der Waals surface area contributed by atoms with E-state index in [1.165, 1.54) is 11.1 Å². The molecule has 0 saturated carbocycles. The Morgan fingerprint density at radius 3 is 1.83 bits per heavy atom. The molecule has 0 amide bonds. The zero-order valence-electron chi connectivity index (χ0n) is 15.5. The van der Waals surface area contributed by atoms with Gasteiger partial charge < -0.3 is 0 Å². The molecule has 24 heavy (non-hydrogen) atoms. The normalized spacial score (nSPS) is 12.2. The van der Waals surface area contributed by atoms with Gasteiger partial charge in [-0.3, -0.25) is 10.1 Å². The van der Waals surface area contributed by atoms with Crippen molar-refractivity contribution in [1.82, 2.24) is 0 Å². The average Bonchev–Trinajstić information content (AvgIpc) is 2.45. The lowest BCUT2D eigenvalue weighted by molar-refractivity contribution is -0.385. The van der Waals surface area contributed by atoms with Crippen LogP contribution in [0.15, 0.2) is 42.5 Å². The molecule has 0 fully saturated rings. The van der Waals surface area contributed by atoms with Crippen molar-refractivity contribution < 1.29 is 4.92 Å². The van der Waals surface area contributed by atoms with Gasteiger partial charge in [0.1, 0.15) is 0 Å². The number of hydrogen-bond acceptors (Lipinski definition) is 2. The first-order valence-corrected chi connectivity index (χ1v) is 8.36. The van der Waals surface area contributed by atoms with Crippen molar-refractivity contribution in [2.45, 2.75) is 58.8 Å². The summed E-state index contributed by atoms with van der Waals surface area (Å²) in [6.07, 6.45) is 0.574. The maximum atomic E-state index is 11.3. The Balaban J connectivity index is 2.53. The molecule has 3 heteroatoms. The molecule has 128 valence electrons. The SMILES string of the molecule is CC(C)(C)c1cc(Cc2ccccc2[N+](=O)[O-])cc(C(C)(C)C)c1. The van der Waals surface area contributed by atoms with Gasteiger partial charge in [-0.05, 0) is 27.5 Å². The summed E-state index contributed by atoms with van der Waals surface area (Å²) in [6, 6.07) is 13.6. The van der Waals surface area contributed by atoms with Gasteiger partial charge in [-0.25, -0.2) is 0 Å². The van der Waals surface area contributed by atoms with E-state index in [2.05, 4.69) is 59.7 Å². The summed E-state index contributed by atoms with van der Waals surface area (Å²) >= 11 is 0. The maximum absolute atomic E-state index is 11.3. The molecule has 0 saturated heterocycles. The van der Waals surface area contributed by atoms with E-state index < -0.39 is 0 Å². The molecule has 2 aromatic carbocycles. The number of hydrogen-bond donors (Lipinski definition) is 0. The third kappa shape index (κ3) is 4.22. The number of nitro benzene ring substituents is 1. The van der Waals surface area contributed by atoms with Crippen LogP contribution in [-0.2, 0) is 17.3 Å². The van der Waals surface area contributed by atoms with Crippen molar-refractivity contribution in [3.05, 3.63) is 74.8 Å². The van der Waals surface area contributed by atoms with Crippen molar-refractivity contribution in [2.75, 3.05) is 0 Å². The number of nitrogens with zero attached hydrogens (tertiary/aromatic N) is 1. The van der Waals surface area contributed by atoms with Gasteiger partial charge in [-0.2, -0.15) is 0 Å². The summed E-state index contributed by atoms with van der Waals surface area (Å²) in [5.41, 5.74) is 4.69. The predicted octanol–water partition coefficient (Wildman–Crippen LogP) is 5.78. The van der Waals surface area contributed by atoms with E-state index in [0.717, 1.165) is 11.1 Å². The van der Waals surface area contributed by atoms with Gasteiger partial charge >= 0.3 is 0 Å². The zero-order chi connectivity index (χ0) is 18.1. The molecule has 2 aromatic rings. The average molecular weight is 325 g/mol. The molecule has 2 rings (SSSR count). The van der Waals surface area contributed by atoms with Crippen molar-refractivity contribution in [3.63, 3.8) is 0 Å². The fourth-order valence-corrected chi connectivity index (χ4v) is 2.72. The predicted molar refractivity (Wildman–Crippen MR) is 99.7 cm³/mol. The van der Waals surface area contributed by atoms with E-state index in [4.69, 9.17) is 0 Å². The van der Waals surface area contributed by atoms with Crippen LogP contribution in [0.2, 0.25) is 0 Å². The molecule has 0 atom stereocenters. The van der Waals surface area contributed by atoms with Crippen LogP contribution in [-0.4, -0.2) is 4.92 Å². The number of benzene rings is 2. The Kier molecular flexibility index (Phi) is 4.84. The Morgan fingerprint density at radius 2 is 1.38 bits per heavy atom. The van der Waals surface area contributed by atoms with Gasteiger partial charge in [0.15, 0.2) is 0 Å². The van der Waals surface area contributed by atoms with Crippen LogP contribution in [0.25, 0.3) is 0 Å². The van der Waals surface area contributed by atoms with Gasteiger partial charge in [0.25, 0.3) is 5.69 Å². The summed E-state index contributed by atoms with van der Waals surface area (Å²) in [5.74, 6) is 0. The summed E-state index contributed by atoms with van der Waals surface area (Å²) in [7, 11) is 0. The van der Waals surface area contributed by atoms with E-state index in [9.17, 15) is 10.1 Å². The largest absolute Gasteiger partial charge is 0.272 e. The fourth-order valence-electron chi connectivity index (χ4n) is 2.72. The molecule has 0 aromatic heterocycles. The molecule has 0 bridgehead atoms. The molecule has 0 unspecified atom stereocenters. The second kappa shape index (κ2) is 6.39. The summed E-state index contributed by atoms with van der Waals surface area (Å²) in [4.78, 5) is 11.0. The van der Waals surface area contributed by atoms with Crippen molar-refractivity contribution in [3.8, 4) is 0 Å². The first kappa shape index (κ1) is 18.2. The Hall–Kier alpha value is -2.16. The molecule has 0 N–H and O–H groups in total. The Labute approximate surface area is 144 Å². The molecule has 0 aliphatic rings. The second-order valence-corrected chi connectivity index (χ2v) is 8.48. The number of nitro groups is 1. The van der Waals surface area contributed by atoms with Gasteiger partial charge in [0.2, 0.25) is 0 Å². The van der Waals surface area contributed by atoms with Crippen LogP contribution in [0, 0.1) is 10.1 Å². The van der Waals surface area contributed by atoms with E-state index in [1.807, 2.05) is 12.1 Å². The lowest BCUT2D eigenvalue weighted by Crippen LogP contribution is -2.17. The van der Waals surface area contributed by atoms with Crippen LogP contribution < -0.4 is 0 Å². The first-order chi connectivity index (χ1) is 11.0. The molecular formula is C21H27NO2. The van der Waals surface area contributed by atoms with Gasteiger partial charge in [-0.15, -0.1) is 0 Å². The van der Waals surface area contributed by atoms with Crippen LogP contribution in [0.5, 0.6) is 0 Å². The van der Waals surface area contributed by atoms with E-state index in [-0.39, 0.29) is 21.4 Å². The minimum absolute atomic E-state index is 0.0403. The quantitative estimate of drug-likeness (QED) is 0.530. The van der Waals surface area contributed by atoms with Gasteiger partial charge in [0.05, 0.1) is 4.92 Å². The maximum Gasteiger partial charge on any atom is 0.272 e. The zero-order valence-corrected chi connectivity index (χ0v) is 15.5. The lowest BCUT2D eigenvalue weighted by Gasteiger charge is -2.26. The smallest absolute Gasteiger partial charge is 0.258 e. The molecule has 3 nitrogen and oxygen atoms in total. The lowest BCUT2D eigenvalue weighted by atomic mass is 9.79. The highest BCUT2D eigenvalue weighted by atomic mass is 16.6. The summed E-state index contributed by atoms with van der Waals surface area (Å²) in [5, 5.41) is 11.3. The molecule has 0 aliphatic carbocycles. The monoisotopic (exact) mass is 325 g/mol. The van der Waals surface area contributed by atoms with Crippen molar-refractivity contribution in [1.29, 1.82) is 0 Å². The van der Waals surface area contributed by atoms with Gasteiger partial charge in [-0.1, -0.05) is 77.9 Å². The Morgan fingerprint density at radius 1 is 0.875 bits per heavy atom. The standard InChI is InChI=1S/C21H27NO2/c1-20(2,3)17-12-15(13-18(14-17)21(4,5)6)11-16-9-7-8-10-19(16)22(23)24/h7-10,12-14H,11H2,1-6H3. The highest BCUT2D eigenvalue weighted by Crippen LogP contribution is 2.32. The summed E-state index contributed by atoms with van der Waals surface area (Å²) in [6.45, 7) is 13.2. The number of rotatable bonds is 3. The van der Waals surface area contributed by atoms with Crippen LogP contribution in [0.1, 0.15) is 63.8 Å². The van der Waals surface area contributed by atoms with Crippen LogP contribution in [0.4, 0.5) is 5.69 Å². The number of para-hydroxylation sites is 1. The first-order valence-electron chi connectivity index (χ1n) is 8.36. The Bertz CT molecular complexity index is 717. The van der Waals surface area contributed by atoms with Crippen molar-refractivity contribution in [2.24, 2.45) is 0 Å². The minimum Gasteiger partial charge on any atom is -0.258 e. The molecule has 0 radical (unpaired) electrons. The van der Waals surface area contributed by atoms with E-state index >= 15 is 0 Å². The van der Waals surface area contributed by atoms with Crippen LogP contribution >= 0.6 is 0 Å². The molecular weight excluding hydrogens is 298 g/mol. The molecule has 0 heterocycles. The highest BCUT2D eigenvalue weighted by Gasteiger charge is 2.21. The van der Waals surface area contributed by atoms with Crippen molar-refractivity contribution >= 4 is 5.69 Å². The van der Waals surface area contributed by atoms with Crippen LogP contribution in [0.3, 0.4) is 0 Å².